The highest BCUT2D eigenvalue weighted by Crippen LogP contribution is 2.33. The van der Waals surface area contributed by atoms with E-state index in [9.17, 15) is 4.79 Å². The highest BCUT2D eigenvalue weighted by molar-refractivity contribution is 6.06. The van der Waals surface area contributed by atoms with Crippen molar-refractivity contribution in [2.45, 2.75) is 0 Å². The molecule has 1 heterocycles. The summed E-state index contributed by atoms with van der Waals surface area (Å²) in [6.07, 6.45) is 0. The maximum absolute atomic E-state index is 12.1. The summed E-state index contributed by atoms with van der Waals surface area (Å²) in [4.78, 5) is 15.0. The average molecular weight is 255 g/mol. The van der Waals surface area contributed by atoms with Crippen LogP contribution < -0.4 is 15.0 Å². The van der Waals surface area contributed by atoms with Crippen LogP contribution in [-0.4, -0.2) is 19.2 Å². The van der Waals surface area contributed by atoms with Crippen LogP contribution in [0.2, 0.25) is 0 Å². The van der Waals surface area contributed by atoms with Gasteiger partial charge in [0.05, 0.1) is 19.6 Å². The number of pyridine rings is 1. The molecule has 0 saturated heterocycles. The number of rotatable bonds is 2. The second-order valence-corrected chi connectivity index (χ2v) is 4.25. The van der Waals surface area contributed by atoms with Crippen LogP contribution in [0.1, 0.15) is 0 Å². The van der Waals surface area contributed by atoms with Crippen LogP contribution in [-0.2, 0) is 0 Å². The molecule has 1 N–H and O–H groups in total. The summed E-state index contributed by atoms with van der Waals surface area (Å²) in [6, 6.07) is 11.2. The van der Waals surface area contributed by atoms with Crippen LogP contribution in [0.4, 0.5) is 0 Å². The molecular formula is C15H13NO3. The molecule has 2 aromatic carbocycles. The Balaban J connectivity index is 2.53. The van der Waals surface area contributed by atoms with E-state index in [1.165, 1.54) is 0 Å². The fourth-order valence-electron chi connectivity index (χ4n) is 2.31. The molecule has 0 radical (unpaired) electrons. The third-order valence-electron chi connectivity index (χ3n) is 3.23. The Hall–Kier alpha value is -2.49. The molecule has 0 aliphatic carbocycles. The number of aromatic nitrogens is 1. The summed E-state index contributed by atoms with van der Waals surface area (Å²) in [5.41, 5.74) is 0.682. The van der Waals surface area contributed by atoms with Crippen molar-refractivity contribution in [2.75, 3.05) is 14.2 Å². The molecule has 0 bridgehead atoms. The average Bonchev–Trinajstić information content (AvgIpc) is 2.46. The van der Waals surface area contributed by atoms with E-state index in [2.05, 4.69) is 4.98 Å². The zero-order valence-electron chi connectivity index (χ0n) is 10.7. The minimum atomic E-state index is -0.130. The maximum atomic E-state index is 12.1. The summed E-state index contributed by atoms with van der Waals surface area (Å²) < 4.78 is 10.5. The molecule has 0 spiro atoms. The molecule has 4 heteroatoms. The first kappa shape index (κ1) is 11.6. The standard InChI is InChI=1S/C15H13NO3/c1-18-13-7-10-9-5-3-4-6-12(9)16-15(17)11(10)8-14(13)19-2/h3-8H,1-2H3,(H,16,17). The van der Waals surface area contributed by atoms with E-state index < -0.39 is 0 Å². The molecule has 0 aliphatic heterocycles. The Morgan fingerprint density at radius 3 is 2.21 bits per heavy atom. The number of methoxy groups -OCH3 is 2. The number of fused-ring (bicyclic) bond motifs is 3. The van der Waals surface area contributed by atoms with E-state index in [4.69, 9.17) is 9.47 Å². The fraction of sp³-hybridized carbons (Fsp3) is 0.133. The lowest BCUT2D eigenvalue weighted by molar-refractivity contribution is 0.356. The first-order valence-corrected chi connectivity index (χ1v) is 5.91. The Kier molecular flexibility index (Phi) is 2.63. The maximum Gasteiger partial charge on any atom is 0.256 e. The lowest BCUT2D eigenvalue weighted by Crippen LogP contribution is -2.06. The highest BCUT2D eigenvalue weighted by Gasteiger charge is 2.11. The quantitative estimate of drug-likeness (QED) is 0.716. The van der Waals surface area contributed by atoms with Gasteiger partial charge in [-0.1, -0.05) is 18.2 Å². The monoisotopic (exact) mass is 255 g/mol. The molecule has 1 aromatic heterocycles. The van der Waals surface area contributed by atoms with Gasteiger partial charge in [-0.05, 0) is 18.2 Å². The Morgan fingerprint density at radius 1 is 0.895 bits per heavy atom. The van der Waals surface area contributed by atoms with Gasteiger partial charge >= 0.3 is 0 Å². The molecule has 0 amide bonds. The Morgan fingerprint density at radius 2 is 1.53 bits per heavy atom. The van der Waals surface area contributed by atoms with Gasteiger partial charge in [-0.25, -0.2) is 0 Å². The molecule has 3 rings (SSSR count). The summed E-state index contributed by atoms with van der Waals surface area (Å²) in [5, 5.41) is 2.44. The molecule has 3 aromatic rings. The van der Waals surface area contributed by atoms with Gasteiger partial charge in [-0.2, -0.15) is 0 Å². The SMILES string of the molecule is COc1cc2c(=O)[nH]c3ccccc3c2cc1OC. The second-order valence-electron chi connectivity index (χ2n) is 4.25. The van der Waals surface area contributed by atoms with Gasteiger partial charge in [-0.3, -0.25) is 4.79 Å². The Labute approximate surface area is 109 Å². The Bertz CT molecular complexity index is 821. The van der Waals surface area contributed by atoms with Crippen LogP contribution in [0, 0.1) is 0 Å². The van der Waals surface area contributed by atoms with Crippen LogP contribution in [0.5, 0.6) is 11.5 Å². The van der Waals surface area contributed by atoms with Crippen molar-refractivity contribution in [2.24, 2.45) is 0 Å². The van der Waals surface area contributed by atoms with Gasteiger partial charge < -0.3 is 14.5 Å². The molecule has 0 unspecified atom stereocenters. The van der Waals surface area contributed by atoms with Crippen LogP contribution >= 0.6 is 0 Å². The first-order chi connectivity index (χ1) is 9.24. The molecule has 0 saturated carbocycles. The van der Waals surface area contributed by atoms with Crippen LogP contribution in [0.25, 0.3) is 21.7 Å². The van der Waals surface area contributed by atoms with Gasteiger partial charge in [0.2, 0.25) is 0 Å². The van der Waals surface area contributed by atoms with Gasteiger partial charge in [0.1, 0.15) is 0 Å². The third kappa shape index (κ3) is 1.73. The van der Waals surface area contributed by atoms with Gasteiger partial charge in [0, 0.05) is 16.3 Å². The highest BCUT2D eigenvalue weighted by atomic mass is 16.5. The number of hydrogen-bond donors (Lipinski definition) is 1. The minimum Gasteiger partial charge on any atom is -0.493 e. The van der Waals surface area contributed by atoms with Crippen molar-refractivity contribution in [3.8, 4) is 11.5 Å². The normalized spacial score (nSPS) is 10.8. The molecule has 4 nitrogen and oxygen atoms in total. The first-order valence-electron chi connectivity index (χ1n) is 5.91. The van der Waals surface area contributed by atoms with Gasteiger partial charge in [0.15, 0.2) is 11.5 Å². The summed E-state index contributed by atoms with van der Waals surface area (Å²) in [7, 11) is 3.14. The largest absolute Gasteiger partial charge is 0.493 e. The van der Waals surface area contributed by atoms with Gasteiger partial charge in [0.25, 0.3) is 5.56 Å². The van der Waals surface area contributed by atoms with Gasteiger partial charge in [-0.15, -0.1) is 0 Å². The van der Waals surface area contributed by atoms with Crippen molar-refractivity contribution in [1.82, 2.24) is 4.98 Å². The number of ether oxygens (including phenoxy) is 2. The summed E-state index contributed by atoms with van der Waals surface area (Å²) in [5.74, 6) is 1.17. The molecule has 0 fully saturated rings. The number of H-pyrrole nitrogens is 1. The van der Waals surface area contributed by atoms with E-state index in [-0.39, 0.29) is 5.56 Å². The van der Waals surface area contributed by atoms with E-state index >= 15 is 0 Å². The van der Waals surface area contributed by atoms with E-state index in [1.54, 1.807) is 20.3 Å². The summed E-state index contributed by atoms with van der Waals surface area (Å²) >= 11 is 0. The lowest BCUT2D eigenvalue weighted by Gasteiger charge is -2.10. The molecule has 0 aliphatic rings. The van der Waals surface area contributed by atoms with Crippen molar-refractivity contribution in [1.29, 1.82) is 0 Å². The molecule has 0 atom stereocenters. The fourth-order valence-corrected chi connectivity index (χ4v) is 2.31. The topological polar surface area (TPSA) is 51.3 Å². The number of aromatic amines is 1. The number of para-hydroxylation sites is 1. The van der Waals surface area contributed by atoms with Crippen molar-refractivity contribution in [3.05, 3.63) is 46.8 Å². The zero-order chi connectivity index (χ0) is 13.4. The van der Waals surface area contributed by atoms with Crippen molar-refractivity contribution >= 4 is 21.7 Å². The molecule has 19 heavy (non-hydrogen) atoms. The number of benzene rings is 2. The van der Waals surface area contributed by atoms with Crippen molar-refractivity contribution < 1.29 is 9.47 Å². The van der Waals surface area contributed by atoms with Crippen LogP contribution in [0.3, 0.4) is 0 Å². The van der Waals surface area contributed by atoms with E-state index in [0.717, 1.165) is 16.3 Å². The minimum absolute atomic E-state index is 0.130. The third-order valence-corrected chi connectivity index (χ3v) is 3.23. The predicted molar refractivity (Wildman–Crippen MR) is 75.2 cm³/mol. The predicted octanol–water partition coefficient (Wildman–Crippen LogP) is 2.70. The van der Waals surface area contributed by atoms with Crippen molar-refractivity contribution in [3.63, 3.8) is 0 Å². The summed E-state index contributed by atoms with van der Waals surface area (Å²) in [6.45, 7) is 0. The van der Waals surface area contributed by atoms with E-state index in [1.807, 2.05) is 30.3 Å². The smallest absolute Gasteiger partial charge is 0.256 e. The molecule has 96 valence electrons. The van der Waals surface area contributed by atoms with E-state index in [0.29, 0.717) is 16.9 Å². The molecular weight excluding hydrogens is 242 g/mol. The zero-order valence-corrected chi connectivity index (χ0v) is 10.7. The lowest BCUT2D eigenvalue weighted by atomic mass is 10.1. The number of hydrogen-bond acceptors (Lipinski definition) is 3. The second kappa shape index (κ2) is 4.31. The number of nitrogens with one attached hydrogen (secondary N) is 1. The van der Waals surface area contributed by atoms with Crippen LogP contribution in [0.15, 0.2) is 41.2 Å².